The SMILES string of the molecule is CCC(C)(CC)C(=O)Nc1cccc(C(N)=O)c1. The molecule has 1 aromatic carbocycles. The van der Waals surface area contributed by atoms with Crippen LogP contribution in [0.3, 0.4) is 0 Å². The quantitative estimate of drug-likeness (QED) is 0.840. The molecule has 3 N–H and O–H groups in total. The smallest absolute Gasteiger partial charge is 0.248 e. The lowest BCUT2D eigenvalue weighted by molar-refractivity contribution is -0.125. The number of carbonyl (C=O) groups excluding carboxylic acids is 2. The van der Waals surface area contributed by atoms with E-state index in [-0.39, 0.29) is 11.3 Å². The summed E-state index contributed by atoms with van der Waals surface area (Å²) >= 11 is 0. The average molecular weight is 248 g/mol. The minimum atomic E-state index is -0.500. The molecule has 0 atom stereocenters. The number of amides is 2. The predicted molar refractivity (Wildman–Crippen MR) is 72.3 cm³/mol. The molecule has 0 saturated carbocycles. The Hall–Kier alpha value is -1.84. The molecule has 0 spiro atoms. The highest BCUT2D eigenvalue weighted by atomic mass is 16.2. The average Bonchev–Trinajstić information content (AvgIpc) is 2.38. The number of primary amides is 1. The van der Waals surface area contributed by atoms with Crippen molar-refractivity contribution in [3.63, 3.8) is 0 Å². The second-order valence-corrected chi connectivity index (χ2v) is 4.67. The molecule has 0 aromatic heterocycles. The van der Waals surface area contributed by atoms with Crippen molar-refractivity contribution >= 4 is 17.5 Å². The Morgan fingerprint density at radius 1 is 1.28 bits per heavy atom. The molecule has 0 bridgehead atoms. The second-order valence-electron chi connectivity index (χ2n) is 4.67. The minimum absolute atomic E-state index is 0.0332. The van der Waals surface area contributed by atoms with Gasteiger partial charge in [0.25, 0.3) is 0 Å². The first-order valence-corrected chi connectivity index (χ1v) is 6.14. The van der Waals surface area contributed by atoms with Gasteiger partial charge in [-0.05, 0) is 31.0 Å². The largest absolute Gasteiger partial charge is 0.366 e. The fraction of sp³-hybridized carbons (Fsp3) is 0.429. The summed E-state index contributed by atoms with van der Waals surface area (Å²) in [4.78, 5) is 23.2. The summed E-state index contributed by atoms with van der Waals surface area (Å²) in [5.41, 5.74) is 5.81. The van der Waals surface area contributed by atoms with E-state index in [1.807, 2.05) is 20.8 Å². The van der Waals surface area contributed by atoms with E-state index in [9.17, 15) is 9.59 Å². The monoisotopic (exact) mass is 248 g/mol. The van der Waals surface area contributed by atoms with Gasteiger partial charge in [0.2, 0.25) is 11.8 Å². The fourth-order valence-corrected chi connectivity index (χ4v) is 1.60. The van der Waals surface area contributed by atoms with Crippen molar-refractivity contribution in [1.29, 1.82) is 0 Å². The molecule has 18 heavy (non-hydrogen) atoms. The Labute approximate surface area is 108 Å². The van der Waals surface area contributed by atoms with E-state index in [0.29, 0.717) is 11.3 Å². The highest BCUT2D eigenvalue weighted by molar-refractivity contribution is 5.98. The molecule has 0 saturated heterocycles. The zero-order valence-corrected chi connectivity index (χ0v) is 11.1. The first kappa shape index (κ1) is 14.2. The van der Waals surface area contributed by atoms with Gasteiger partial charge in [0.05, 0.1) is 0 Å². The molecule has 0 fully saturated rings. The van der Waals surface area contributed by atoms with E-state index < -0.39 is 5.91 Å². The van der Waals surface area contributed by atoms with Crippen LogP contribution < -0.4 is 11.1 Å². The van der Waals surface area contributed by atoms with Gasteiger partial charge >= 0.3 is 0 Å². The standard InChI is InChI=1S/C14H20N2O2/c1-4-14(3,5-2)13(18)16-11-8-6-7-10(9-11)12(15)17/h6-9H,4-5H2,1-3H3,(H2,15,17)(H,16,18). The first-order chi connectivity index (χ1) is 8.42. The summed E-state index contributed by atoms with van der Waals surface area (Å²) in [6.07, 6.45) is 1.54. The lowest BCUT2D eigenvalue weighted by Gasteiger charge is -2.25. The van der Waals surface area contributed by atoms with Gasteiger partial charge in [-0.15, -0.1) is 0 Å². The summed E-state index contributed by atoms with van der Waals surface area (Å²) < 4.78 is 0. The molecule has 0 unspecified atom stereocenters. The van der Waals surface area contributed by atoms with Crippen molar-refractivity contribution in [2.45, 2.75) is 33.6 Å². The van der Waals surface area contributed by atoms with Crippen LogP contribution in [-0.4, -0.2) is 11.8 Å². The Morgan fingerprint density at radius 3 is 2.39 bits per heavy atom. The fourth-order valence-electron chi connectivity index (χ4n) is 1.60. The number of nitrogens with two attached hydrogens (primary N) is 1. The number of anilines is 1. The van der Waals surface area contributed by atoms with E-state index >= 15 is 0 Å². The van der Waals surface area contributed by atoms with Crippen LogP contribution in [0.1, 0.15) is 44.0 Å². The van der Waals surface area contributed by atoms with Gasteiger partial charge in [0, 0.05) is 16.7 Å². The Balaban J connectivity index is 2.88. The van der Waals surface area contributed by atoms with Gasteiger partial charge in [0.1, 0.15) is 0 Å². The van der Waals surface area contributed by atoms with Crippen molar-refractivity contribution in [3.05, 3.63) is 29.8 Å². The maximum absolute atomic E-state index is 12.2. The van der Waals surface area contributed by atoms with Crippen LogP contribution in [0.5, 0.6) is 0 Å². The Bertz CT molecular complexity index is 451. The van der Waals surface area contributed by atoms with Crippen LogP contribution in [0, 0.1) is 5.41 Å². The molecule has 98 valence electrons. The maximum Gasteiger partial charge on any atom is 0.248 e. The van der Waals surface area contributed by atoms with Gasteiger partial charge in [0.15, 0.2) is 0 Å². The van der Waals surface area contributed by atoms with E-state index in [2.05, 4.69) is 5.32 Å². The van der Waals surface area contributed by atoms with Crippen LogP contribution >= 0.6 is 0 Å². The number of carbonyl (C=O) groups is 2. The topological polar surface area (TPSA) is 72.2 Å². The molecule has 0 aliphatic heterocycles. The summed E-state index contributed by atoms with van der Waals surface area (Å²) in [5.74, 6) is -0.533. The van der Waals surface area contributed by atoms with Crippen LogP contribution in [0.15, 0.2) is 24.3 Å². The molecule has 1 rings (SSSR count). The summed E-state index contributed by atoms with van der Waals surface area (Å²) in [6, 6.07) is 6.66. The lowest BCUT2D eigenvalue weighted by Crippen LogP contribution is -2.32. The number of benzene rings is 1. The first-order valence-electron chi connectivity index (χ1n) is 6.14. The highest BCUT2D eigenvalue weighted by Gasteiger charge is 2.29. The van der Waals surface area contributed by atoms with E-state index in [1.165, 1.54) is 0 Å². The number of rotatable bonds is 5. The van der Waals surface area contributed by atoms with Gasteiger partial charge in [-0.25, -0.2) is 0 Å². The predicted octanol–water partition coefficient (Wildman–Crippen LogP) is 2.55. The number of nitrogens with one attached hydrogen (secondary N) is 1. The zero-order valence-electron chi connectivity index (χ0n) is 11.1. The van der Waals surface area contributed by atoms with Gasteiger partial charge in [-0.3, -0.25) is 9.59 Å². The Kier molecular flexibility index (Phi) is 4.48. The molecular formula is C14H20N2O2. The van der Waals surface area contributed by atoms with Crippen molar-refractivity contribution in [2.75, 3.05) is 5.32 Å². The van der Waals surface area contributed by atoms with Gasteiger partial charge in [-0.2, -0.15) is 0 Å². The molecule has 0 aliphatic carbocycles. The minimum Gasteiger partial charge on any atom is -0.366 e. The van der Waals surface area contributed by atoms with Gasteiger partial charge < -0.3 is 11.1 Å². The molecule has 4 nitrogen and oxygen atoms in total. The molecule has 0 radical (unpaired) electrons. The van der Waals surface area contributed by atoms with Gasteiger partial charge in [-0.1, -0.05) is 26.8 Å². The highest BCUT2D eigenvalue weighted by Crippen LogP contribution is 2.27. The molecule has 2 amide bonds. The van der Waals surface area contributed by atoms with E-state index in [0.717, 1.165) is 12.8 Å². The van der Waals surface area contributed by atoms with Crippen LogP contribution in [0.2, 0.25) is 0 Å². The summed E-state index contributed by atoms with van der Waals surface area (Å²) in [7, 11) is 0. The lowest BCUT2D eigenvalue weighted by atomic mass is 9.84. The third-order valence-electron chi connectivity index (χ3n) is 3.51. The molecule has 4 heteroatoms. The third kappa shape index (κ3) is 3.09. The molecule has 1 aromatic rings. The maximum atomic E-state index is 12.2. The third-order valence-corrected chi connectivity index (χ3v) is 3.51. The second kappa shape index (κ2) is 5.67. The van der Waals surface area contributed by atoms with Crippen LogP contribution in [0.25, 0.3) is 0 Å². The zero-order chi connectivity index (χ0) is 13.8. The summed E-state index contributed by atoms with van der Waals surface area (Å²) in [5, 5.41) is 2.83. The molecular weight excluding hydrogens is 228 g/mol. The normalized spacial score (nSPS) is 11.1. The Morgan fingerprint density at radius 2 is 1.89 bits per heavy atom. The van der Waals surface area contributed by atoms with E-state index in [4.69, 9.17) is 5.73 Å². The molecule has 0 aliphatic rings. The van der Waals surface area contributed by atoms with Crippen molar-refractivity contribution < 1.29 is 9.59 Å². The van der Waals surface area contributed by atoms with Crippen LogP contribution in [-0.2, 0) is 4.79 Å². The van der Waals surface area contributed by atoms with Crippen molar-refractivity contribution in [1.82, 2.24) is 0 Å². The van der Waals surface area contributed by atoms with Crippen LogP contribution in [0.4, 0.5) is 5.69 Å². The van der Waals surface area contributed by atoms with Crippen molar-refractivity contribution in [2.24, 2.45) is 11.1 Å². The summed E-state index contributed by atoms with van der Waals surface area (Å²) in [6.45, 7) is 5.91. The molecule has 0 heterocycles. The van der Waals surface area contributed by atoms with E-state index in [1.54, 1.807) is 24.3 Å². The van der Waals surface area contributed by atoms with Crippen molar-refractivity contribution in [3.8, 4) is 0 Å². The number of hydrogen-bond donors (Lipinski definition) is 2. The number of hydrogen-bond acceptors (Lipinski definition) is 2.